The summed E-state index contributed by atoms with van der Waals surface area (Å²) in [6, 6.07) is 11.1. The Hall–Kier alpha value is -3.92. The lowest BCUT2D eigenvalue weighted by Gasteiger charge is -2.43. The summed E-state index contributed by atoms with van der Waals surface area (Å²) >= 11 is 0. The third kappa shape index (κ3) is 5.15. The third-order valence-corrected chi connectivity index (χ3v) is 8.74. The van der Waals surface area contributed by atoms with Crippen LogP contribution in [-0.2, 0) is 24.5 Å². The molecule has 0 fully saturated rings. The van der Waals surface area contributed by atoms with E-state index in [-0.39, 0.29) is 41.1 Å². The normalized spacial score (nSPS) is 18.0. The number of nitrogens with zero attached hydrogens (tertiary/aromatic N) is 1. The van der Waals surface area contributed by atoms with Crippen molar-refractivity contribution in [3.05, 3.63) is 76.1 Å². The molecule has 9 nitrogen and oxygen atoms in total. The number of carbonyl (C=O) groups is 3. The molecule has 2 aromatic carbocycles. The Kier molecular flexibility index (Phi) is 7.55. The Morgan fingerprint density at radius 3 is 2.08 bits per heavy atom. The third-order valence-electron chi connectivity index (χ3n) is 7.49. The van der Waals surface area contributed by atoms with Gasteiger partial charge in [0.2, 0.25) is 0 Å². The van der Waals surface area contributed by atoms with Crippen LogP contribution in [0.3, 0.4) is 0 Å². The van der Waals surface area contributed by atoms with E-state index in [4.69, 9.17) is 8.92 Å². The van der Waals surface area contributed by atoms with Crippen molar-refractivity contribution in [2.45, 2.75) is 63.2 Å². The van der Waals surface area contributed by atoms with Crippen LogP contribution >= 0.6 is 0 Å². The molecule has 0 bridgehead atoms. The van der Waals surface area contributed by atoms with Crippen LogP contribution in [0.15, 0.2) is 69.9 Å². The summed E-state index contributed by atoms with van der Waals surface area (Å²) in [6.07, 6.45) is 2.88. The lowest BCUT2D eigenvalue weighted by Crippen LogP contribution is -2.41. The molecule has 2 aromatic rings. The molecule has 1 aliphatic heterocycles. The zero-order valence-electron chi connectivity index (χ0n) is 22.4. The van der Waals surface area contributed by atoms with E-state index in [0.29, 0.717) is 66.6 Å². The molecule has 0 aromatic heterocycles. The van der Waals surface area contributed by atoms with Crippen molar-refractivity contribution in [1.29, 1.82) is 0 Å². The minimum absolute atomic E-state index is 0.000580. The minimum atomic E-state index is -4.15. The Labute approximate surface area is 233 Å². The van der Waals surface area contributed by atoms with Gasteiger partial charge in [0, 0.05) is 41.3 Å². The zero-order chi connectivity index (χ0) is 28.6. The molecule has 5 rings (SSSR count). The van der Waals surface area contributed by atoms with E-state index in [9.17, 15) is 27.9 Å². The number of ether oxygens (including phenoxy) is 1. The molecule has 0 saturated heterocycles. The van der Waals surface area contributed by atoms with Gasteiger partial charge in [0.1, 0.15) is 11.4 Å². The minimum Gasteiger partial charge on any atom is -0.490 e. The van der Waals surface area contributed by atoms with Crippen molar-refractivity contribution in [3.63, 3.8) is 0 Å². The van der Waals surface area contributed by atoms with Gasteiger partial charge in [-0.15, -0.1) is 0 Å². The molecule has 10 heteroatoms. The number of ketones is 2. The molecule has 210 valence electrons. The number of rotatable bonds is 8. The highest BCUT2D eigenvalue weighted by atomic mass is 32.2. The molecule has 0 spiro atoms. The van der Waals surface area contributed by atoms with E-state index in [1.807, 2.05) is 6.92 Å². The Morgan fingerprint density at radius 1 is 0.925 bits per heavy atom. The van der Waals surface area contributed by atoms with Crippen LogP contribution in [0.5, 0.6) is 11.5 Å². The van der Waals surface area contributed by atoms with Crippen LogP contribution in [0.4, 0.5) is 0 Å². The first-order valence-corrected chi connectivity index (χ1v) is 14.8. The Bertz CT molecular complexity index is 1510. The number of carboxylic acids is 1. The van der Waals surface area contributed by atoms with E-state index in [2.05, 4.69) is 0 Å². The smallest absolute Gasteiger partial charge is 0.339 e. The zero-order valence-corrected chi connectivity index (χ0v) is 23.3. The van der Waals surface area contributed by atoms with Gasteiger partial charge in [-0.05, 0) is 69.4 Å². The summed E-state index contributed by atoms with van der Waals surface area (Å²) in [5.41, 5.74) is 3.66. The van der Waals surface area contributed by atoms with E-state index in [1.54, 1.807) is 36.1 Å². The molecule has 1 N–H and O–H groups in total. The number of Topliss-reactive ketones (excluding diaryl/α,β-unsaturated/α-hetero) is 2. The second-order valence-corrected chi connectivity index (χ2v) is 11.7. The van der Waals surface area contributed by atoms with E-state index in [0.717, 1.165) is 5.56 Å². The van der Waals surface area contributed by atoms with Crippen LogP contribution in [0.25, 0.3) is 0 Å². The SMILES string of the molecule is CCOc1cc(C2C3=C(CCCC3=O)N(CC(=O)O)C3=C2C(=O)CCC3)ccc1OS(=O)(=O)c1ccc(C)cc1. The number of aliphatic carboxylic acids is 1. The van der Waals surface area contributed by atoms with Crippen molar-refractivity contribution < 1.29 is 36.8 Å². The van der Waals surface area contributed by atoms with Crippen LogP contribution in [0.1, 0.15) is 62.5 Å². The van der Waals surface area contributed by atoms with Crippen LogP contribution in [-0.4, -0.2) is 49.1 Å². The van der Waals surface area contributed by atoms with Crippen LogP contribution in [0, 0.1) is 6.92 Å². The quantitative estimate of drug-likeness (QED) is 0.455. The van der Waals surface area contributed by atoms with Gasteiger partial charge in [-0.25, -0.2) is 0 Å². The second-order valence-electron chi connectivity index (χ2n) is 10.2. The summed E-state index contributed by atoms with van der Waals surface area (Å²) in [5, 5.41) is 9.64. The number of carbonyl (C=O) groups excluding carboxylic acids is 2. The summed E-state index contributed by atoms with van der Waals surface area (Å²) in [6.45, 7) is 3.51. The van der Waals surface area contributed by atoms with Crippen molar-refractivity contribution in [2.24, 2.45) is 0 Å². The molecule has 0 unspecified atom stereocenters. The fourth-order valence-electron chi connectivity index (χ4n) is 5.79. The van der Waals surface area contributed by atoms with E-state index in [1.165, 1.54) is 18.2 Å². The summed E-state index contributed by atoms with van der Waals surface area (Å²) in [7, 11) is -4.15. The summed E-state index contributed by atoms with van der Waals surface area (Å²) < 4.78 is 37.3. The maximum Gasteiger partial charge on any atom is 0.339 e. The van der Waals surface area contributed by atoms with Gasteiger partial charge in [0.15, 0.2) is 23.1 Å². The topological polar surface area (TPSA) is 127 Å². The van der Waals surface area contributed by atoms with Gasteiger partial charge in [-0.1, -0.05) is 23.8 Å². The molecule has 0 amide bonds. The van der Waals surface area contributed by atoms with Crippen LogP contribution in [0.2, 0.25) is 0 Å². The highest BCUT2D eigenvalue weighted by molar-refractivity contribution is 7.87. The van der Waals surface area contributed by atoms with Gasteiger partial charge >= 0.3 is 16.1 Å². The van der Waals surface area contributed by atoms with E-state index >= 15 is 0 Å². The predicted molar refractivity (Wildman–Crippen MR) is 145 cm³/mol. The van der Waals surface area contributed by atoms with Crippen molar-refractivity contribution >= 4 is 27.7 Å². The van der Waals surface area contributed by atoms with Crippen molar-refractivity contribution in [1.82, 2.24) is 4.90 Å². The fraction of sp³-hybridized carbons (Fsp3) is 0.367. The van der Waals surface area contributed by atoms with E-state index < -0.39 is 22.0 Å². The van der Waals surface area contributed by atoms with Gasteiger partial charge in [-0.2, -0.15) is 8.42 Å². The number of allylic oxidation sites excluding steroid dienone is 4. The fourth-order valence-corrected chi connectivity index (χ4v) is 6.73. The average Bonchev–Trinajstić information content (AvgIpc) is 2.90. The second kappa shape index (κ2) is 10.9. The van der Waals surface area contributed by atoms with Crippen LogP contribution < -0.4 is 8.92 Å². The molecule has 0 atom stereocenters. The molecular weight excluding hydrogens is 534 g/mol. The molecule has 0 radical (unpaired) electrons. The Morgan fingerprint density at radius 2 is 1.52 bits per heavy atom. The van der Waals surface area contributed by atoms with Crippen molar-refractivity contribution in [2.75, 3.05) is 13.2 Å². The molecular formula is C30H31NO8S. The molecule has 1 heterocycles. The first-order valence-electron chi connectivity index (χ1n) is 13.4. The standard InChI is InChI=1S/C30H31NO8S/c1-3-38-26-16-19(12-15-25(26)39-40(36,37)20-13-10-18(2)11-14-20)28-29-21(6-4-8-23(29)32)31(17-27(34)35)22-7-5-9-24(33)30(22)28/h10-16,28H,3-9,17H2,1-2H3,(H,34,35). The van der Waals surface area contributed by atoms with Gasteiger partial charge in [0.05, 0.1) is 6.61 Å². The number of benzene rings is 2. The van der Waals surface area contributed by atoms with Gasteiger partial charge < -0.3 is 18.9 Å². The van der Waals surface area contributed by atoms with Gasteiger partial charge in [0.25, 0.3) is 0 Å². The van der Waals surface area contributed by atoms with Crippen molar-refractivity contribution in [3.8, 4) is 11.5 Å². The number of hydrogen-bond donors (Lipinski definition) is 1. The average molecular weight is 566 g/mol. The first-order chi connectivity index (χ1) is 19.1. The first kappa shape index (κ1) is 27.6. The highest BCUT2D eigenvalue weighted by Gasteiger charge is 2.44. The lowest BCUT2D eigenvalue weighted by atomic mass is 9.71. The predicted octanol–water partition coefficient (Wildman–Crippen LogP) is 4.66. The largest absolute Gasteiger partial charge is 0.490 e. The van der Waals surface area contributed by atoms with Gasteiger partial charge in [-0.3, -0.25) is 14.4 Å². The molecule has 3 aliphatic rings. The number of aryl methyl sites for hydroxylation is 1. The summed E-state index contributed by atoms with van der Waals surface area (Å²) in [5.74, 6) is -1.82. The monoisotopic (exact) mass is 565 g/mol. The molecule has 2 aliphatic carbocycles. The summed E-state index contributed by atoms with van der Waals surface area (Å²) in [4.78, 5) is 40.2. The molecule has 0 saturated carbocycles. The number of hydrogen-bond acceptors (Lipinski definition) is 8. The lowest BCUT2D eigenvalue weighted by molar-refractivity contribution is -0.138. The number of carboxylic acid groups (broad SMARTS) is 1. The maximum atomic E-state index is 13.4. The Balaban J connectivity index is 1.62. The molecule has 40 heavy (non-hydrogen) atoms. The highest BCUT2D eigenvalue weighted by Crippen LogP contribution is 2.50. The maximum absolute atomic E-state index is 13.4.